The van der Waals surface area contributed by atoms with Crippen molar-refractivity contribution in [1.29, 1.82) is 0 Å². The number of hydrogen-bond donors (Lipinski definition) is 1. The van der Waals surface area contributed by atoms with Crippen molar-refractivity contribution in [3.05, 3.63) is 57.6 Å². The summed E-state index contributed by atoms with van der Waals surface area (Å²) in [7, 11) is 0. The number of para-hydroxylation sites is 1. The summed E-state index contributed by atoms with van der Waals surface area (Å²) in [5, 5.41) is 13.9. The van der Waals surface area contributed by atoms with E-state index in [1.54, 1.807) is 12.1 Å². The molecule has 28 heavy (non-hydrogen) atoms. The highest BCUT2D eigenvalue weighted by atomic mass is 16.6. The molecule has 0 aromatic heterocycles. The van der Waals surface area contributed by atoms with E-state index in [1.807, 2.05) is 19.1 Å². The second-order valence-electron chi connectivity index (χ2n) is 5.91. The zero-order valence-electron chi connectivity index (χ0n) is 15.1. The van der Waals surface area contributed by atoms with Crippen molar-refractivity contribution in [3.63, 3.8) is 0 Å². The number of amides is 1. The molecule has 0 saturated carbocycles. The number of carbonyl (C=O) groups is 2. The van der Waals surface area contributed by atoms with E-state index in [1.165, 1.54) is 6.07 Å². The topological polar surface area (TPSA) is 117 Å². The van der Waals surface area contributed by atoms with Crippen molar-refractivity contribution < 1.29 is 28.7 Å². The van der Waals surface area contributed by atoms with Crippen LogP contribution < -0.4 is 14.8 Å². The van der Waals surface area contributed by atoms with Crippen LogP contribution in [0.1, 0.15) is 22.8 Å². The lowest BCUT2D eigenvalue weighted by molar-refractivity contribution is -0.385. The zero-order chi connectivity index (χ0) is 20.1. The molecule has 0 spiro atoms. The summed E-state index contributed by atoms with van der Waals surface area (Å²) in [6.07, 6.45) is 0.722. The van der Waals surface area contributed by atoms with Gasteiger partial charge in [-0.3, -0.25) is 14.9 Å². The summed E-state index contributed by atoms with van der Waals surface area (Å²) in [5.41, 5.74) is 0.767. The molecule has 0 radical (unpaired) electrons. The van der Waals surface area contributed by atoms with Crippen molar-refractivity contribution in [2.75, 3.05) is 25.1 Å². The zero-order valence-corrected chi connectivity index (χ0v) is 15.1. The predicted molar refractivity (Wildman–Crippen MR) is 98.8 cm³/mol. The predicted octanol–water partition coefficient (Wildman–Crippen LogP) is 2.72. The molecule has 0 fully saturated rings. The van der Waals surface area contributed by atoms with Gasteiger partial charge in [0.05, 0.1) is 11.0 Å². The van der Waals surface area contributed by atoms with Gasteiger partial charge in [-0.2, -0.15) is 0 Å². The van der Waals surface area contributed by atoms with Gasteiger partial charge in [-0.1, -0.05) is 25.1 Å². The first-order valence-corrected chi connectivity index (χ1v) is 8.62. The third kappa shape index (κ3) is 4.20. The molecule has 2 aromatic rings. The van der Waals surface area contributed by atoms with Crippen molar-refractivity contribution in [2.45, 2.75) is 13.3 Å². The lowest BCUT2D eigenvalue weighted by atomic mass is 10.1. The minimum absolute atomic E-state index is 0.184. The number of hydrogen-bond acceptors (Lipinski definition) is 7. The number of nitrogens with zero attached hydrogens (tertiary/aromatic N) is 1. The average Bonchev–Trinajstić information content (AvgIpc) is 2.71. The van der Waals surface area contributed by atoms with E-state index in [9.17, 15) is 19.7 Å². The fraction of sp³-hybridized carbons (Fsp3) is 0.263. The summed E-state index contributed by atoms with van der Waals surface area (Å²) in [6.45, 7) is 1.89. The van der Waals surface area contributed by atoms with Gasteiger partial charge in [0.15, 0.2) is 18.1 Å². The number of esters is 1. The van der Waals surface area contributed by atoms with Crippen LogP contribution in [0.4, 0.5) is 11.4 Å². The van der Waals surface area contributed by atoms with Gasteiger partial charge in [0, 0.05) is 11.8 Å². The minimum atomic E-state index is -0.998. The van der Waals surface area contributed by atoms with Crippen LogP contribution in [0.25, 0.3) is 0 Å². The Kier molecular flexibility index (Phi) is 5.73. The summed E-state index contributed by atoms with van der Waals surface area (Å²) in [6, 6.07) is 9.56. The lowest BCUT2D eigenvalue weighted by Crippen LogP contribution is -2.22. The van der Waals surface area contributed by atoms with E-state index in [0.29, 0.717) is 5.69 Å². The van der Waals surface area contributed by atoms with Crippen LogP contribution in [0.2, 0.25) is 0 Å². The third-order valence-corrected chi connectivity index (χ3v) is 4.08. The molecule has 1 aliphatic rings. The lowest BCUT2D eigenvalue weighted by Gasteiger charge is -2.18. The van der Waals surface area contributed by atoms with E-state index in [-0.39, 0.29) is 30.3 Å². The molecule has 0 atom stereocenters. The Morgan fingerprint density at radius 3 is 2.54 bits per heavy atom. The number of nitro benzene ring substituents is 1. The van der Waals surface area contributed by atoms with E-state index in [0.717, 1.165) is 18.1 Å². The number of ether oxygens (including phenoxy) is 3. The molecule has 2 aromatic carbocycles. The van der Waals surface area contributed by atoms with Crippen LogP contribution in [-0.4, -0.2) is 36.6 Å². The minimum Gasteiger partial charge on any atom is -0.486 e. The Morgan fingerprint density at radius 1 is 1.18 bits per heavy atom. The highest BCUT2D eigenvalue weighted by Gasteiger charge is 2.27. The molecule has 3 rings (SSSR count). The molecule has 0 aliphatic carbocycles. The second kappa shape index (κ2) is 8.38. The van der Waals surface area contributed by atoms with Crippen molar-refractivity contribution in [1.82, 2.24) is 0 Å². The Hall–Kier alpha value is -3.62. The number of nitro groups is 1. The van der Waals surface area contributed by atoms with Gasteiger partial charge in [0.25, 0.3) is 11.6 Å². The highest BCUT2D eigenvalue weighted by molar-refractivity contribution is 5.98. The monoisotopic (exact) mass is 386 g/mol. The number of fused-ring (bicyclic) bond motifs is 1. The van der Waals surface area contributed by atoms with Gasteiger partial charge in [0.1, 0.15) is 18.8 Å². The molecule has 9 heteroatoms. The highest BCUT2D eigenvalue weighted by Crippen LogP contribution is 2.36. The normalized spacial score (nSPS) is 12.2. The standard InChI is InChI=1S/C19H18N2O7/c1-2-12-5-3-4-6-14(12)20-18(22)11-28-19(23)13-9-16-17(27-8-7-26-16)10-15(13)21(24)25/h3-6,9-10H,2,7-8,11H2,1H3,(H,20,22). The Balaban J connectivity index is 1.70. The fourth-order valence-corrected chi connectivity index (χ4v) is 2.74. The molecule has 0 saturated heterocycles. The first-order valence-electron chi connectivity index (χ1n) is 8.62. The van der Waals surface area contributed by atoms with E-state index >= 15 is 0 Å². The third-order valence-electron chi connectivity index (χ3n) is 4.08. The van der Waals surface area contributed by atoms with Crippen LogP contribution in [0.5, 0.6) is 11.5 Å². The van der Waals surface area contributed by atoms with Crippen molar-refractivity contribution in [2.24, 2.45) is 0 Å². The van der Waals surface area contributed by atoms with Crippen molar-refractivity contribution in [3.8, 4) is 11.5 Å². The van der Waals surface area contributed by atoms with Gasteiger partial charge < -0.3 is 19.5 Å². The molecule has 0 unspecified atom stereocenters. The molecule has 146 valence electrons. The maximum atomic E-state index is 12.3. The summed E-state index contributed by atoms with van der Waals surface area (Å²) >= 11 is 0. The van der Waals surface area contributed by atoms with Gasteiger partial charge >= 0.3 is 5.97 Å². The summed E-state index contributed by atoms with van der Waals surface area (Å²) < 4.78 is 15.6. The smallest absolute Gasteiger partial charge is 0.345 e. The molecule has 1 N–H and O–H groups in total. The molecule has 9 nitrogen and oxygen atoms in total. The SMILES string of the molecule is CCc1ccccc1NC(=O)COC(=O)c1cc2c(cc1[N+](=O)[O-])OCCO2. The number of aryl methyl sites for hydroxylation is 1. The average molecular weight is 386 g/mol. The van der Waals surface area contributed by atoms with Crippen LogP contribution >= 0.6 is 0 Å². The number of anilines is 1. The fourth-order valence-electron chi connectivity index (χ4n) is 2.74. The van der Waals surface area contributed by atoms with Gasteiger partial charge in [-0.25, -0.2) is 4.79 Å². The maximum Gasteiger partial charge on any atom is 0.345 e. The van der Waals surface area contributed by atoms with Crippen LogP contribution in [0.15, 0.2) is 36.4 Å². The van der Waals surface area contributed by atoms with E-state index in [4.69, 9.17) is 14.2 Å². The largest absolute Gasteiger partial charge is 0.486 e. The quantitative estimate of drug-likeness (QED) is 0.461. The number of rotatable bonds is 6. The first kappa shape index (κ1) is 19.2. The number of carbonyl (C=O) groups excluding carboxylic acids is 2. The Bertz CT molecular complexity index is 926. The Morgan fingerprint density at radius 2 is 1.86 bits per heavy atom. The van der Waals surface area contributed by atoms with Crippen LogP contribution in [-0.2, 0) is 16.0 Å². The van der Waals surface area contributed by atoms with E-state index < -0.39 is 29.1 Å². The Labute approximate surface area is 160 Å². The first-order chi connectivity index (χ1) is 13.5. The van der Waals surface area contributed by atoms with Crippen LogP contribution in [0.3, 0.4) is 0 Å². The van der Waals surface area contributed by atoms with Crippen LogP contribution in [0, 0.1) is 10.1 Å². The van der Waals surface area contributed by atoms with Crippen molar-refractivity contribution >= 4 is 23.3 Å². The molecule has 1 heterocycles. The molecular formula is C19H18N2O7. The molecular weight excluding hydrogens is 368 g/mol. The molecule has 1 amide bonds. The van der Waals surface area contributed by atoms with Gasteiger partial charge in [-0.15, -0.1) is 0 Å². The molecule has 1 aliphatic heterocycles. The second-order valence-corrected chi connectivity index (χ2v) is 5.91. The summed E-state index contributed by atoms with van der Waals surface area (Å²) in [4.78, 5) is 35.0. The van der Waals surface area contributed by atoms with Gasteiger partial charge in [-0.05, 0) is 18.1 Å². The number of nitrogens with one attached hydrogen (secondary N) is 1. The maximum absolute atomic E-state index is 12.3. The number of benzene rings is 2. The molecule has 0 bridgehead atoms. The van der Waals surface area contributed by atoms with E-state index in [2.05, 4.69) is 5.32 Å². The van der Waals surface area contributed by atoms with Gasteiger partial charge in [0.2, 0.25) is 0 Å². The summed E-state index contributed by atoms with van der Waals surface area (Å²) in [5.74, 6) is -1.15.